The van der Waals surface area contributed by atoms with E-state index in [1.807, 2.05) is 24.3 Å². The normalized spacial score (nSPS) is 12.7. The van der Waals surface area contributed by atoms with Crippen molar-refractivity contribution in [1.29, 1.82) is 0 Å². The molecule has 3 N–H and O–H groups in total. The Morgan fingerprint density at radius 1 is 1.07 bits per heavy atom. The van der Waals surface area contributed by atoms with Gasteiger partial charge in [0.1, 0.15) is 5.75 Å². The summed E-state index contributed by atoms with van der Waals surface area (Å²) in [7, 11) is 0. The van der Waals surface area contributed by atoms with Crippen molar-refractivity contribution >= 4 is 23.6 Å². The number of fused-ring (bicyclic) bond motifs is 1. The highest BCUT2D eigenvalue weighted by molar-refractivity contribution is 5.97. The Labute approximate surface area is 162 Å². The monoisotopic (exact) mass is 383 g/mol. The maximum Gasteiger partial charge on any atom is 0.335 e. The Morgan fingerprint density at radius 3 is 2.57 bits per heavy atom. The molecule has 0 aliphatic carbocycles. The van der Waals surface area contributed by atoms with E-state index < -0.39 is 5.97 Å². The second-order valence-corrected chi connectivity index (χ2v) is 6.27. The van der Waals surface area contributed by atoms with E-state index in [2.05, 4.69) is 10.6 Å². The SMILES string of the molecule is O=C(NCCCN1C(=O)COc2ccccc21)NCc1ccc(C(=O)O)cc1. The number of amides is 3. The van der Waals surface area contributed by atoms with Crippen LogP contribution in [-0.4, -0.2) is 42.7 Å². The van der Waals surface area contributed by atoms with Crippen LogP contribution < -0.4 is 20.3 Å². The maximum atomic E-state index is 12.1. The maximum absolute atomic E-state index is 12.1. The van der Waals surface area contributed by atoms with Crippen molar-refractivity contribution in [2.24, 2.45) is 0 Å². The van der Waals surface area contributed by atoms with Crippen LogP contribution in [0.2, 0.25) is 0 Å². The standard InChI is InChI=1S/C20H21N3O5/c24-18-13-28-17-5-2-1-4-16(17)23(18)11-3-10-21-20(27)22-12-14-6-8-15(9-7-14)19(25)26/h1-2,4-9H,3,10-13H2,(H,25,26)(H2,21,22,27). The molecule has 2 aromatic carbocycles. The second kappa shape index (κ2) is 8.90. The fourth-order valence-electron chi connectivity index (χ4n) is 2.85. The molecule has 1 aliphatic heterocycles. The van der Waals surface area contributed by atoms with Crippen molar-refractivity contribution < 1.29 is 24.2 Å². The summed E-state index contributed by atoms with van der Waals surface area (Å²) in [5.41, 5.74) is 1.75. The summed E-state index contributed by atoms with van der Waals surface area (Å²) in [6.07, 6.45) is 0.598. The Bertz CT molecular complexity index is 866. The van der Waals surface area contributed by atoms with Crippen LogP contribution in [0.5, 0.6) is 5.75 Å². The lowest BCUT2D eigenvalue weighted by molar-refractivity contribution is -0.121. The molecule has 28 heavy (non-hydrogen) atoms. The van der Waals surface area contributed by atoms with Crippen LogP contribution >= 0.6 is 0 Å². The third-order valence-corrected chi connectivity index (χ3v) is 4.31. The molecule has 8 heteroatoms. The molecule has 0 unspecified atom stereocenters. The van der Waals surface area contributed by atoms with Gasteiger partial charge in [-0.05, 0) is 36.2 Å². The van der Waals surface area contributed by atoms with Gasteiger partial charge in [0.05, 0.1) is 11.3 Å². The number of hydrogen-bond donors (Lipinski definition) is 3. The van der Waals surface area contributed by atoms with Gasteiger partial charge in [0.2, 0.25) is 0 Å². The van der Waals surface area contributed by atoms with E-state index in [4.69, 9.17) is 9.84 Å². The molecule has 146 valence electrons. The van der Waals surface area contributed by atoms with E-state index in [9.17, 15) is 14.4 Å². The third kappa shape index (κ3) is 4.79. The predicted molar refractivity (Wildman–Crippen MR) is 103 cm³/mol. The molecule has 3 amide bonds. The molecule has 1 aliphatic rings. The number of aromatic carboxylic acids is 1. The molecule has 0 radical (unpaired) electrons. The number of anilines is 1. The largest absolute Gasteiger partial charge is 0.482 e. The molecule has 0 spiro atoms. The van der Waals surface area contributed by atoms with Crippen LogP contribution in [0.4, 0.5) is 10.5 Å². The van der Waals surface area contributed by atoms with Gasteiger partial charge in [-0.2, -0.15) is 0 Å². The number of nitrogens with one attached hydrogen (secondary N) is 2. The van der Waals surface area contributed by atoms with Gasteiger partial charge < -0.3 is 25.4 Å². The number of nitrogens with zero attached hydrogens (tertiary/aromatic N) is 1. The van der Waals surface area contributed by atoms with Crippen molar-refractivity contribution in [2.75, 3.05) is 24.6 Å². The molecule has 0 aromatic heterocycles. The summed E-state index contributed by atoms with van der Waals surface area (Å²) >= 11 is 0. The highest BCUT2D eigenvalue weighted by atomic mass is 16.5. The predicted octanol–water partition coefficient (Wildman–Crippen LogP) is 2.00. The van der Waals surface area contributed by atoms with Crippen molar-refractivity contribution in [3.05, 3.63) is 59.7 Å². The zero-order valence-electron chi connectivity index (χ0n) is 15.2. The first-order valence-corrected chi connectivity index (χ1v) is 8.91. The number of carbonyl (C=O) groups excluding carboxylic acids is 2. The van der Waals surface area contributed by atoms with E-state index in [-0.39, 0.29) is 24.1 Å². The highest BCUT2D eigenvalue weighted by Gasteiger charge is 2.24. The van der Waals surface area contributed by atoms with E-state index in [1.165, 1.54) is 12.1 Å². The number of carboxylic acids is 1. The van der Waals surface area contributed by atoms with E-state index in [0.29, 0.717) is 31.8 Å². The quantitative estimate of drug-likeness (QED) is 0.634. The minimum atomic E-state index is -0.987. The van der Waals surface area contributed by atoms with Gasteiger partial charge in [0.25, 0.3) is 5.91 Å². The van der Waals surface area contributed by atoms with Gasteiger partial charge >= 0.3 is 12.0 Å². The van der Waals surface area contributed by atoms with Gasteiger partial charge in [-0.3, -0.25) is 4.79 Å². The smallest absolute Gasteiger partial charge is 0.335 e. The number of urea groups is 1. The van der Waals surface area contributed by atoms with E-state index >= 15 is 0 Å². The summed E-state index contributed by atoms with van der Waals surface area (Å²) < 4.78 is 5.40. The minimum absolute atomic E-state index is 0.0194. The Kier molecular flexibility index (Phi) is 6.11. The molecular formula is C20H21N3O5. The second-order valence-electron chi connectivity index (χ2n) is 6.27. The van der Waals surface area contributed by atoms with Crippen LogP contribution in [0, 0.1) is 0 Å². The van der Waals surface area contributed by atoms with Gasteiger partial charge in [-0.1, -0.05) is 24.3 Å². The lowest BCUT2D eigenvalue weighted by Gasteiger charge is -2.29. The Balaban J connectivity index is 1.40. The summed E-state index contributed by atoms with van der Waals surface area (Å²) in [4.78, 5) is 36.4. The van der Waals surface area contributed by atoms with Crippen LogP contribution in [0.15, 0.2) is 48.5 Å². The first kappa shape index (κ1) is 19.2. The van der Waals surface area contributed by atoms with Gasteiger partial charge in [0, 0.05) is 19.6 Å². The first-order chi connectivity index (χ1) is 13.5. The molecule has 0 bridgehead atoms. The van der Waals surface area contributed by atoms with Crippen molar-refractivity contribution in [2.45, 2.75) is 13.0 Å². The number of para-hydroxylation sites is 2. The van der Waals surface area contributed by atoms with Crippen molar-refractivity contribution in [3.63, 3.8) is 0 Å². The van der Waals surface area contributed by atoms with Gasteiger partial charge in [0.15, 0.2) is 6.61 Å². The fourth-order valence-corrected chi connectivity index (χ4v) is 2.85. The topological polar surface area (TPSA) is 108 Å². The number of ether oxygens (including phenoxy) is 1. The molecule has 0 saturated carbocycles. The van der Waals surface area contributed by atoms with Crippen molar-refractivity contribution in [3.8, 4) is 5.75 Å². The molecule has 2 aromatic rings. The summed E-state index contributed by atoms with van der Waals surface area (Å²) in [5, 5.41) is 14.3. The number of hydrogen-bond acceptors (Lipinski definition) is 4. The number of carbonyl (C=O) groups is 3. The Morgan fingerprint density at radius 2 is 1.82 bits per heavy atom. The lowest BCUT2D eigenvalue weighted by atomic mass is 10.1. The summed E-state index contributed by atoms with van der Waals surface area (Å²) in [5.74, 6) is -0.409. The molecule has 0 saturated heterocycles. The summed E-state index contributed by atoms with van der Waals surface area (Å²) in [6.45, 7) is 1.21. The summed E-state index contributed by atoms with van der Waals surface area (Å²) in [6, 6.07) is 13.3. The average molecular weight is 383 g/mol. The van der Waals surface area contributed by atoms with E-state index in [0.717, 1.165) is 11.3 Å². The van der Waals surface area contributed by atoms with Gasteiger partial charge in [-0.25, -0.2) is 9.59 Å². The van der Waals surface area contributed by atoms with Crippen LogP contribution in [-0.2, 0) is 11.3 Å². The zero-order chi connectivity index (χ0) is 19.9. The first-order valence-electron chi connectivity index (χ1n) is 8.91. The molecule has 8 nitrogen and oxygen atoms in total. The highest BCUT2D eigenvalue weighted by Crippen LogP contribution is 2.31. The fraction of sp³-hybridized carbons (Fsp3) is 0.250. The third-order valence-electron chi connectivity index (χ3n) is 4.31. The number of carboxylic acid groups (broad SMARTS) is 1. The number of rotatable bonds is 7. The molecular weight excluding hydrogens is 362 g/mol. The molecule has 0 fully saturated rings. The minimum Gasteiger partial charge on any atom is -0.482 e. The van der Waals surface area contributed by atoms with E-state index in [1.54, 1.807) is 17.0 Å². The molecule has 1 heterocycles. The van der Waals surface area contributed by atoms with Gasteiger partial charge in [-0.15, -0.1) is 0 Å². The van der Waals surface area contributed by atoms with Crippen LogP contribution in [0.1, 0.15) is 22.3 Å². The Hall–Kier alpha value is -3.55. The zero-order valence-corrected chi connectivity index (χ0v) is 15.2. The number of benzene rings is 2. The van der Waals surface area contributed by atoms with Crippen LogP contribution in [0.3, 0.4) is 0 Å². The molecule has 3 rings (SSSR count). The molecule has 0 atom stereocenters. The van der Waals surface area contributed by atoms with Crippen LogP contribution in [0.25, 0.3) is 0 Å². The lowest BCUT2D eigenvalue weighted by Crippen LogP contribution is -2.41. The average Bonchev–Trinajstić information content (AvgIpc) is 2.71. The van der Waals surface area contributed by atoms with Crippen molar-refractivity contribution in [1.82, 2.24) is 10.6 Å².